The van der Waals surface area contributed by atoms with Gasteiger partial charge in [0.15, 0.2) is 0 Å². The molecule has 0 aliphatic heterocycles. The molecule has 0 aromatic heterocycles. The van der Waals surface area contributed by atoms with Crippen LogP contribution in [0.5, 0.6) is 0 Å². The number of benzene rings is 1. The van der Waals surface area contributed by atoms with Gasteiger partial charge in [0.05, 0.1) is 0 Å². The molecule has 1 aromatic rings. The quantitative estimate of drug-likeness (QED) is 0.851. The first-order chi connectivity index (χ1) is 7.60. The summed E-state index contributed by atoms with van der Waals surface area (Å²) in [6, 6.07) is 3.49. The van der Waals surface area contributed by atoms with Gasteiger partial charge in [0.1, 0.15) is 11.6 Å². The molecule has 96 valence electrons. The van der Waals surface area contributed by atoms with Crippen molar-refractivity contribution in [3.63, 3.8) is 0 Å². The van der Waals surface area contributed by atoms with Gasteiger partial charge in [-0.3, -0.25) is 0 Å². The lowest BCUT2D eigenvalue weighted by atomic mass is 9.81. The predicted octanol–water partition coefficient (Wildman–Crippen LogP) is 3.97. The zero-order valence-corrected chi connectivity index (χ0v) is 11.0. The molecule has 17 heavy (non-hydrogen) atoms. The Morgan fingerprint density at radius 1 is 0.941 bits per heavy atom. The van der Waals surface area contributed by atoms with Crippen molar-refractivity contribution in [3.8, 4) is 0 Å². The van der Waals surface area contributed by atoms with Gasteiger partial charge in [-0.1, -0.05) is 20.8 Å². The molecule has 1 rings (SSSR count). The smallest absolute Gasteiger partial charge is 0.126 e. The molecular formula is C14H21F2N. The minimum Gasteiger partial charge on any atom is -0.322 e. The highest BCUT2D eigenvalue weighted by atomic mass is 19.1. The van der Waals surface area contributed by atoms with Gasteiger partial charge in [-0.25, -0.2) is 8.78 Å². The second kappa shape index (κ2) is 4.73. The summed E-state index contributed by atoms with van der Waals surface area (Å²) in [5, 5.41) is 0. The van der Waals surface area contributed by atoms with E-state index in [1.54, 1.807) is 0 Å². The maximum atomic E-state index is 13.1. The van der Waals surface area contributed by atoms with Crippen molar-refractivity contribution in [2.75, 3.05) is 0 Å². The van der Waals surface area contributed by atoms with Crippen LogP contribution in [0.4, 0.5) is 8.78 Å². The Hall–Kier alpha value is -0.960. The molecule has 0 radical (unpaired) electrons. The van der Waals surface area contributed by atoms with Crippen molar-refractivity contribution in [3.05, 3.63) is 35.4 Å². The maximum absolute atomic E-state index is 13.1. The Labute approximate surface area is 102 Å². The summed E-state index contributed by atoms with van der Waals surface area (Å²) < 4.78 is 26.3. The SMILES string of the molecule is CC(C)(C)CCC(C)(N)c1cc(F)cc(F)c1. The van der Waals surface area contributed by atoms with Crippen LogP contribution in [-0.2, 0) is 5.54 Å². The van der Waals surface area contributed by atoms with E-state index in [4.69, 9.17) is 5.73 Å². The van der Waals surface area contributed by atoms with E-state index in [0.717, 1.165) is 12.5 Å². The minimum absolute atomic E-state index is 0.159. The first kappa shape index (κ1) is 14.1. The standard InChI is InChI=1S/C14H21F2N/c1-13(2,3)5-6-14(4,17)10-7-11(15)9-12(16)8-10/h7-9H,5-6,17H2,1-4H3. The molecule has 0 fully saturated rings. The van der Waals surface area contributed by atoms with Crippen LogP contribution in [0, 0.1) is 17.0 Å². The monoisotopic (exact) mass is 241 g/mol. The first-order valence-electron chi connectivity index (χ1n) is 5.86. The lowest BCUT2D eigenvalue weighted by molar-refractivity contribution is 0.306. The van der Waals surface area contributed by atoms with Gasteiger partial charge in [-0.15, -0.1) is 0 Å². The van der Waals surface area contributed by atoms with E-state index in [1.807, 2.05) is 6.92 Å². The summed E-state index contributed by atoms with van der Waals surface area (Å²) in [5.41, 5.74) is 6.12. The Morgan fingerprint density at radius 3 is 1.82 bits per heavy atom. The predicted molar refractivity (Wildman–Crippen MR) is 66.6 cm³/mol. The van der Waals surface area contributed by atoms with Crippen molar-refractivity contribution in [1.29, 1.82) is 0 Å². The Kier molecular flexibility index (Phi) is 3.92. The third-order valence-electron chi connectivity index (χ3n) is 2.92. The average Bonchev–Trinajstić information content (AvgIpc) is 2.12. The Morgan fingerprint density at radius 2 is 1.41 bits per heavy atom. The summed E-state index contributed by atoms with van der Waals surface area (Å²) in [6.07, 6.45) is 1.59. The highest BCUT2D eigenvalue weighted by Gasteiger charge is 2.25. The normalized spacial score (nSPS) is 15.7. The molecule has 0 aliphatic carbocycles. The van der Waals surface area contributed by atoms with E-state index >= 15 is 0 Å². The van der Waals surface area contributed by atoms with Crippen molar-refractivity contribution in [2.45, 2.75) is 46.1 Å². The molecule has 0 saturated heterocycles. The molecular weight excluding hydrogens is 220 g/mol. The van der Waals surface area contributed by atoms with Crippen LogP contribution in [-0.4, -0.2) is 0 Å². The molecule has 3 heteroatoms. The highest BCUT2D eigenvalue weighted by Crippen LogP contribution is 2.30. The number of nitrogens with two attached hydrogens (primary N) is 1. The zero-order valence-electron chi connectivity index (χ0n) is 11.0. The van der Waals surface area contributed by atoms with Crippen LogP contribution < -0.4 is 5.73 Å². The molecule has 1 nitrogen and oxygen atoms in total. The summed E-state index contributed by atoms with van der Waals surface area (Å²) in [5.74, 6) is -1.15. The fourth-order valence-electron chi connectivity index (χ4n) is 1.66. The van der Waals surface area contributed by atoms with Crippen LogP contribution in [0.3, 0.4) is 0 Å². The van der Waals surface area contributed by atoms with Gasteiger partial charge >= 0.3 is 0 Å². The number of hydrogen-bond acceptors (Lipinski definition) is 1. The molecule has 1 aromatic carbocycles. The number of hydrogen-bond donors (Lipinski definition) is 1. The van der Waals surface area contributed by atoms with E-state index in [2.05, 4.69) is 20.8 Å². The van der Waals surface area contributed by atoms with E-state index in [9.17, 15) is 8.78 Å². The molecule has 0 spiro atoms. The van der Waals surface area contributed by atoms with Crippen LogP contribution in [0.1, 0.15) is 46.1 Å². The van der Waals surface area contributed by atoms with Gasteiger partial charge in [-0.2, -0.15) is 0 Å². The van der Waals surface area contributed by atoms with Crippen LogP contribution in [0.15, 0.2) is 18.2 Å². The van der Waals surface area contributed by atoms with E-state index in [-0.39, 0.29) is 5.41 Å². The second-order valence-electron chi connectivity index (χ2n) is 6.14. The van der Waals surface area contributed by atoms with Crippen LogP contribution in [0.2, 0.25) is 0 Å². The highest BCUT2D eigenvalue weighted by molar-refractivity contribution is 5.25. The van der Waals surface area contributed by atoms with Gasteiger partial charge in [0, 0.05) is 11.6 Å². The minimum atomic E-state index is -0.698. The summed E-state index contributed by atoms with van der Waals surface area (Å²) in [4.78, 5) is 0. The Balaban J connectivity index is 2.88. The molecule has 1 atom stereocenters. The van der Waals surface area contributed by atoms with Crippen LogP contribution in [0.25, 0.3) is 0 Å². The molecule has 0 aliphatic rings. The third kappa shape index (κ3) is 4.43. The fourth-order valence-corrected chi connectivity index (χ4v) is 1.66. The van der Waals surface area contributed by atoms with Crippen molar-refractivity contribution >= 4 is 0 Å². The van der Waals surface area contributed by atoms with Gasteiger partial charge < -0.3 is 5.73 Å². The lowest BCUT2D eigenvalue weighted by Gasteiger charge is -2.29. The molecule has 0 heterocycles. The van der Waals surface area contributed by atoms with Crippen LogP contribution >= 0.6 is 0 Å². The van der Waals surface area contributed by atoms with Gasteiger partial charge in [0.25, 0.3) is 0 Å². The first-order valence-corrected chi connectivity index (χ1v) is 5.86. The topological polar surface area (TPSA) is 26.0 Å². The molecule has 0 saturated carbocycles. The second-order valence-corrected chi connectivity index (χ2v) is 6.14. The van der Waals surface area contributed by atoms with E-state index < -0.39 is 17.2 Å². The number of halogens is 2. The largest absolute Gasteiger partial charge is 0.322 e. The number of rotatable bonds is 3. The Bertz CT molecular complexity index is 371. The van der Waals surface area contributed by atoms with Crippen molar-refractivity contribution < 1.29 is 8.78 Å². The molecule has 0 bridgehead atoms. The zero-order chi connectivity index (χ0) is 13.3. The summed E-state index contributed by atoms with van der Waals surface area (Å²) >= 11 is 0. The molecule has 2 N–H and O–H groups in total. The third-order valence-corrected chi connectivity index (χ3v) is 2.92. The van der Waals surface area contributed by atoms with Gasteiger partial charge in [-0.05, 0) is 42.9 Å². The van der Waals surface area contributed by atoms with E-state index in [1.165, 1.54) is 12.1 Å². The van der Waals surface area contributed by atoms with Gasteiger partial charge in [0.2, 0.25) is 0 Å². The van der Waals surface area contributed by atoms with Crippen molar-refractivity contribution in [1.82, 2.24) is 0 Å². The van der Waals surface area contributed by atoms with E-state index in [0.29, 0.717) is 12.0 Å². The summed E-state index contributed by atoms with van der Waals surface area (Å²) in [7, 11) is 0. The summed E-state index contributed by atoms with van der Waals surface area (Å²) in [6.45, 7) is 8.17. The lowest BCUT2D eigenvalue weighted by Crippen LogP contribution is -2.34. The molecule has 0 amide bonds. The maximum Gasteiger partial charge on any atom is 0.126 e. The molecule has 1 unspecified atom stereocenters. The van der Waals surface area contributed by atoms with Crippen molar-refractivity contribution in [2.24, 2.45) is 11.1 Å². The average molecular weight is 241 g/mol. The fraction of sp³-hybridized carbons (Fsp3) is 0.571.